The number of amides is 1. The molecule has 0 unspecified atom stereocenters. The molecule has 1 fully saturated rings. The molecule has 0 aromatic heterocycles. The summed E-state index contributed by atoms with van der Waals surface area (Å²) in [6.07, 6.45) is 0. The summed E-state index contributed by atoms with van der Waals surface area (Å²) in [6, 6.07) is 18.1. The van der Waals surface area contributed by atoms with E-state index < -0.39 is 27.9 Å². The minimum absolute atomic E-state index is 0.0954. The SMILES string of the molecule is COC(=O)c1cc(NC(=O)c2cccc(CN3CCN(S(=O)(=O)c4ccc(C)cc4)CC3)c2)cc(C(=O)OC)c1. The van der Waals surface area contributed by atoms with Crippen molar-refractivity contribution in [1.29, 1.82) is 0 Å². The van der Waals surface area contributed by atoms with Gasteiger partial charge in [0.25, 0.3) is 5.91 Å². The van der Waals surface area contributed by atoms with Gasteiger partial charge in [-0.2, -0.15) is 4.31 Å². The van der Waals surface area contributed by atoms with Gasteiger partial charge in [0, 0.05) is 44.0 Å². The van der Waals surface area contributed by atoms with Gasteiger partial charge in [-0.05, 0) is 55.0 Å². The summed E-state index contributed by atoms with van der Waals surface area (Å²) in [5.74, 6) is -1.74. The maximum atomic E-state index is 13.0. The number of piperazine rings is 1. The van der Waals surface area contributed by atoms with Crippen molar-refractivity contribution < 1.29 is 32.3 Å². The van der Waals surface area contributed by atoms with E-state index in [1.54, 1.807) is 42.5 Å². The van der Waals surface area contributed by atoms with E-state index >= 15 is 0 Å². The molecule has 0 atom stereocenters. The van der Waals surface area contributed by atoms with Crippen molar-refractivity contribution >= 4 is 33.6 Å². The normalized spacial score (nSPS) is 14.4. The molecule has 0 spiro atoms. The predicted octanol–water partition coefficient (Wildman–Crippen LogP) is 3.33. The fraction of sp³-hybridized carbons (Fsp3) is 0.276. The Balaban J connectivity index is 1.41. The first kappa shape index (κ1) is 28.9. The van der Waals surface area contributed by atoms with Crippen molar-refractivity contribution in [3.05, 3.63) is 94.5 Å². The maximum absolute atomic E-state index is 13.0. The van der Waals surface area contributed by atoms with Crippen LogP contribution in [0.3, 0.4) is 0 Å². The van der Waals surface area contributed by atoms with Crippen molar-refractivity contribution in [2.75, 3.05) is 45.7 Å². The first-order valence-electron chi connectivity index (χ1n) is 12.6. The summed E-state index contributed by atoms with van der Waals surface area (Å²) in [5, 5.41) is 2.73. The molecular weight excluding hydrogens is 534 g/mol. The lowest BCUT2D eigenvalue weighted by Crippen LogP contribution is -2.48. The van der Waals surface area contributed by atoms with E-state index in [9.17, 15) is 22.8 Å². The zero-order valence-electron chi connectivity index (χ0n) is 22.5. The van der Waals surface area contributed by atoms with Crippen LogP contribution in [0.1, 0.15) is 42.2 Å². The van der Waals surface area contributed by atoms with Crippen LogP contribution in [0.15, 0.2) is 71.6 Å². The number of sulfonamides is 1. The largest absolute Gasteiger partial charge is 0.465 e. The molecule has 0 radical (unpaired) electrons. The smallest absolute Gasteiger partial charge is 0.337 e. The highest BCUT2D eigenvalue weighted by molar-refractivity contribution is 7.89. The third-order valence-corrected chi connectivity index (χ3v) is 8.53. The lowest BCUT2D eigenvalue weighted by Gasteiger charge is -2.34. The number of ether oxygens (including phenoxy) is 2. The Hall–Kier alpha value is -4.06. The van der Waals surface area contributed by atoms with E-state index in [0.29, 0.717) is 43.2 Å². The lowest BCUT2D eigenvalue weighted by atomic mass is 10.1. The zero-order chi connectivity index (χ0) is 28.9. The summed E-state index contributed by atoms with van der Waals surface area (Å²) in [7, 11) is -1.10. The maximum Gasteiger partial charge on any atom is 0.337 e. The van der Waals surface area contributed by atoms with Gasteiger partial charge in [-0.15, -0.1) is 0 Å². The van der Waals surface area contributed by atoms with Crippen LogP contribution < -0.4 is 5.32 Å². The van der Waals surface area contributed by atoms with Crippen molar-refractivity contribution in [2.24, 2.45) is 0 Å². The van der Waals surface area contributed by atoms with Crippen molar-refractivity contribution in [3.63, 3.8) is 0 Å². The molecule has 3 aromatic rings. The van der Waals surface area contributed by atoms with E-state index in [4.69, 9.17) is 9.47 Å². The number of hydrogen-bond acceptors (Lipinski definition) is 8. The van der Waals surface area contributed by atoms with Gasteiger partial charge >= 0.3 is 11.9 Å². The van der Waals surface area contributed by atoms with Gasteiger partial charge in [-0.1, -0.05) is 29.8 Å². The van der Waals surface area contributed by atoms with Crippen LogP contribution >= 0.6 is 0 Å². The fourth-order valence-electron chi connectivity index (χ4n) is 4.43. The second kappa shape index (κ2) is 12.4. The van der Waals surface area contributed by atoms with Crippen LogP contribution in [0.4, 0.5) is 5.69 Å². The van der Waals surface area contributed by atoms with Gasteiger partial charge in [0.1, 0.15) is 0 Å². The van der Waals surface area contributed by atoms with E-state index in [-0.39, 0.29) is 16.8 Å². The number of esters is 2. The Labute approximate surface area is 233 Å². The number of benzene rings is 3. The summed E-state index contributed by atoms with van der Waals surface area (Å²) in [6.45, 7) is 4.31. The standard InChI is InChI=1S/C29H31N3O7S/c1-20-7-9-26(10-8-20)40(36,37)32-13-11-31(12-14-32)19-21-5-4-6-22(15-21)27(33)30-25-17-23(28(34)38-2)16-24(18-25)29(35)39-3/h4-10,15-18H,11-14,19H2,1-3H3,(H,30,33). The summed E-state index contributed by atoms with van der Waals surface area (Å²) < 4.78 is 37.0. The molecule has 0 aliphatic carbocycles. The number of carbonyl (C=O) groups is 3. The Morgan fingerprint density at radius 2 is 1.40 bits per heavy atom. The highest BCUT2D eigenvalue weighted by Gasteiger charge is 2.28. The minimum Gasteiger partial charge on any atom is -0.465 e. The summed E-state index contributed by atoms with van der Waals surface area (Å²) in [4.78, 5) is 39.6. The first-order chi connectivity index (χ1) is 19.1. The number of hydrogen-bond donors (Lipinski definition) is 1. The Morgan fingerprint density at radius 1 is 0.800 bits per heavy atom. The Kier molecular flexibility index (Phi) is 8.98. The van der Waals surface area contributed by atoms with Crippen LogP contribution in [0, 0.1) is 6.92 Å². The number of nitrogens with zero attached hydrogens (tertiary/aromatic N) is 2. The first-order valence-corrected chi connectivity index (χ1v) is 14.1. The Bertz CT molecular complexity index is 1480. The number of carbonyl (C=O) groups excluding carboxylic acids is 3. The number of rotatable bonds is 8. The van der Waals surface area contributed by atoms with Gasteiger partial charge in [-0.25, -0.2) is 18.0 Å². The molecule has 1 N–H and O–H groups in total. The van der Waals surface area contributed by atoms with E-state index in [0.717, 1.165) is 11.1 Å². The fourth-order valence-corrected chi connectivity index (χ4v) is 5.85. The molecule has 11 heteroatoms. The quantitative estimate of drug-likeness (QED) is 0.413. The molecule has 4 rings (SSSR count). The van der Waals surface area contributed by atoms with Crippen molar-refractivity contribution in [1.82, 2.24) is 9.21 Å². The topological polar surface area (TPSA) is 122 Å². The van der Waals surface area contributed by atoms with Crippen LogP contribution in [-0.4, -0.2) is 75.9 Å². The third-order valence-electron chi connectivity index (χ3n) is 6.62. The molecule has 0 saturated carbocycles. The van der Waals surface area contributed by atoms with Gasteiger partial charge in [-0.3, -0.25) is 9.69 Å². The van der Waals surface area contributed by atoms with Gasteiger partial charge < -0.3 is 14.8 Å². The van der Waals surface area contributed by atoms with E-state index in [1.165, 1.54) is 36.7 Å². The summed E-state index contributed by atoms with van der Waals surface area (Å²) >= 11 is 0. The molecule has 1 aliphatic heterocycles. The Morgan fingerprint density at radius 3 is 1.98 bits per heavy atom. The highest BCUT2D eigenvalue weighted by Crippen LogP contribution is 2.21. The molecule has 1 amide bonds. The molecular formula is C29H31N3O7S. The number of aryl methyl sites for hydroxylation is 1. The molecule has 1 aliphatic rings. The average Bonchev–Trinajstić information content (AvgIpc) is 2.96. The molecule has 10 nitrogen and oxygen atoms in total. The van der Waals surface area contributed by atoms with E-state index in [2.05, 4.69) is 10.2 Å². The third kappa shape index (κ3) is 6.74. The van der Waals surface area contributed by atoms with E-state index in [1.807, 2.05) is 13.0 Å². The molecule has 210 valence electrons. The van der Waals surface area contributed by atoms with Gasteiger partial charge in [0.05, 0.1) is 30.2 Å². The molecule has 1 saturated heterocycles. The van der Waals surface area contributed by atoms with Crippen LogP contribution in [0.25, 0.3) is 0 Å². The number of methoxy groups -OCH3 is 2. The van der Waals surface area contributed by atoms with Crippen LogP contribution in [0.2, 0.25) is 0 Å². The highest BCUT2D eigenvalue weighted by atomic mass is 32.2. The molecule has 3 aromatic carbocycles. The molecule has 40 heavy (non-hydrogen) atoms. The van der Waals surface area contributed by atoms with Crippen molar-refractivity contribution in [3.8, 4) is 0 Å². The second-order valence-electron chi connectivity index (χ2n) is 9.43. The number of anilines is 1. The lowest BCUT2D eigenvalue weighted by molar-refractivity contribution is 0.0598. The average molecular weight is 566 g/mol. The summed E-state index contributed by atoms with van der Waals surface area (Å²) in [5.41, 5.74) is 2.71. The van der Waals surface area contributed by atoms with Gasteiger partial charge in [0.15, 0.2) is 0 Å². The second-order valence-corrected chi connectivity index (χ2v) is 11.4. The van der Waals surface area contributed by atoms with Crippen LogP contribution in [-0.2, 0) is 26.0 Å². The number of nitrogens with one attached hydrogen (secondary N) is 1. The zero-order valence-corrected chi connectivity index (χ0v) is 23.4. The van der Waals surface area contributed by atoms with Gasteiger partial charge in [0.2, 0.25) is 10.0 Å². The monoisotopic (exact) mass is 565 g/mol. The predicted molar refractivity (Wildman–Crippen MR) is 149 cm³/mol. The minimum atomic E-state index is -3.55. The van der Waals surface area contributed by atoms with Crippen molar-refractivity contribution in [2.45, 2.75) is 18.4 Å². The molecule has 0 bridgehead atoms. The molecule has 1 heterocycles. The van der Waals surface area contributed by atoms with Crippen LogP contribution in [0.5, 0.6) is 0 Å².